The van der Waals surface area contributed by atoms with Gasteiger partial charge in [0, 0.05) is 22.0 Å². The molecule has 0 saturated carbocycles. The van der Waals surface area contributed by atoms with Crippen LogP contribution in [0.4, 0.5) is 14.5 Å². The molecule has 0 aliphatic carbocycles. The Labute approximate surface area is 167 Å². The summed E-state index contributed by atoms with van der Waals surface area (Å²) in [5, 5.41) is 2.20. The number of thiophene rings is 1. The lowest BCUT2D eigenvalue weighted by molar-refractivity contribution is -0.118. The van der Waals surface area contributed by atoms with Crippen LogP contribution in [0.3, 0.4) is 0 Å². The highest BCUT2D eigenvalue weighted by atomic mass is 35.5. The van der Waals surface area contributed by atoms with Crippen molar-refractivity contribution in [2.45, 2.75) is 5.66 Å². The van der Waals surface area contributed by atoms with Gasteiger partial charge in [-0.15, -0.1) is 11.3 Å². The lowest BCUT2D eigenvalue weighted by Crippen LogP contribution is -2.30. The summed E-state index contributed by atoms with van der Waals surface area (Å²) in [5.74, 6) is -2.97. The van der Waals surface area contributed by atoms with E-state index in [1.54, 1.807) is 12.1 Å². The van der Waals surface area contributed by atoms with E-state index in [2.05, 4.69) is 6.58 Å². The number of hydrogen-bond acceptors (Lipinski definition) is 3. The highest BCUT2D eigenvalue weighted by Crippen LogP contribution is 2.55. The number of nitrogens with zero attached hydrogens (tertiary/aromatic N) is 1. The molecule has 0 aliphatic heterocycles. The van der Waals surface area contributed by atoms with Crippen molar-refractivity contribution in [3.8, 4) is 0 Å². The number of carbonyl (C=O) groups excluding carboxylic acids is 1. The molecule has 5 nitrogen and oxygen atoms in total. The van der Waals surface area contributed by atoms with Crippen molar-refractivity contribution in [2.75, 3.05) is 4.90 Å². The molecule has 1 aromatic heterocycles. The van der Waals surface area contributed by atoms with Crippen molar-refractivity contribution in [1.29, 1.82) is 0 Å². The smallest absolute Gasteiger partial charge is 0.324 e. The summed E-state index contributed by atoms with van der Waals surface area (Å²) in [6, 6.07) is 7.12. The fourth-order valence-electron chi connectivity index (χ4n) is 2.82. The minimum atomic E-state index is -5.01. The third-order valence-electron chi connectivity index (χ3n) is 3.98. The number of benzene rings is 2. The number of amides is 1. The van der Waals surface area contributed by atoms with Gasteiger partial charge < -0.3 is 9.79 Å². The third-order valence-corrected chi connectivity index (χ3v) is 6.36. The number of carbonyl (C=O) groups is 1. The van der Waals surface area contributed by atoms with Gasteiger partial charge in [0.05, 0.1) is 5.69 Å². The van der Waals surface area contributed by atoms with E-state index in [9.17, 15) is 27.9 Å². The van der Waals surface area contributed by atoms with E-state index in [0.29, 0.717) is 26.1 Å². The van der Waals surface area contributed by atoms with Gasteiger partial charge in [-0.3, -0.25) is 14.3 Å². The minimum Gasteiger partial charge on any atom is -0.324 e. The summed E-state index contributed by atoms with van der Waals surface area (Å²) >= 11 is 7.17. The number of hydrogen-bond donors (Lipinski definition) is 2. The molecule has 0 radical (unpaired) electrons. The predicted octanol–water partition coefficient (Wildman–Crippen LogP) is 5.23. The molecule has 3 rings (SSSR count). The number of halogens is 3. The SMILES string of the molecule is C=CN(C(=O)C(c1csc2ccc(Cl)cc12)P(=O)(O)O)c1cc(F)cc(F)c1. The number of anilines is 1. The van der Waals surface area contributed by atoms with Crippen LogP contribution in [-0.2, 0) is 9.36 Å². The number of rotatable bonds is 5. The van der Waals surface area contributed by atoms with Gasteiger partial charge >= 0.3 is 7.60 Å². The van der Waals surface area contributed by atoms with Gasteiger partial charge in [0.25, 0.3) is 5.91 Å². The first-order valence-corrected chi connectivity index (χ1v) is 10.7. The molecule has 0 saturated heterocycles. The monoisotopic (exact) mass is 443 g/mol. The second-order valence-electron chi connectivity index (χ2n) is 5.84. The van der Waals surface area contributed by atoms with Gasteiger partial charge in [0.15, 0.2) is 5.66 Å². The Hall–Kier alpha value is -2.09. The van der Waals surface area contributed by atoms with Gasteiger partial charge in [0.1, 0.15) is 11.6 Å². The molecule has 1 atom stereocenters. The molecule has 28 heavy (non-hydrogen) atoms. The molecule has 1 amide bonds. The Kier molecular flexibility index (Phi) is 5.70. The Balaban J connectivity index is 2.15. The van der Waals surface area contributed by atoms with E-state index >= 15 is 0 Å². The highest BCUT2D eigenvalue weighted by molar-refractivity contribution is 7.53. The van der Waals surface area contributed by atoms with Crippen LogP contribution < -0.4 is 4.90 Å². The molecule has 0 bridgehead atoms. The Morgan fingerprint density at radius 1 is 1.21 bits per heavy atom. The standard InChI is InChI=1S/C18H13ClF2NO4PS/c1-2-22(13-7-11(20)6-12(21)8-13)18(23)17(27(24,25)26)15-9-28-16-4-3-10(19)5-14(15)16/h2-9,17H,1H2,(H2,24,25,26). The molecular formula is C18H13ClF2NO4PS. The van der Waals surface area contributed by atoms with Crippen LogP contribution in [0.5, 0.6) is 0 Å². The van der Waals surface area contributed by atoms with Gasteiger partial charge in [-0.05, 0) is 46.7 Å². The van der Waals surface area contributed by atoms with Gasteiger partial charge in [0.2, 0.25) is 0 Å². The van der Waals surface area contributed by atoms with Crippen LogP contribution in [0.2, 0.25) is 5.02 Å². The van der Waals surface area contributed by atoms with E-state index < -0.39 is 30.8 Å². The van der Waals surface area contributed by atoms with Gasteiger partial charge in [-0.1, -0.05) is 18.2 Å². The third kappa shape index (κ3) is 4.01. The first kappa shape index (κ1) is 20.6. The zero-order valence-electron chi connectivity index (χ0n) is 14.1. The Morgan fingerprint density at radius 2 is 1.86 bits per heavy atom. The fourth-order valence-corrected chi connectivity index (χ4v) is 5.05. The minimum absolute atomic E-state index is 0.0737. The molecule has 146 valence electrons. The molecule has 0 aliphatic rings. The summed E-state index contributed by atoms with van der Waals surface area (Å²) in [7, 11) is -5.01. The Bertz CT molecular complexity index is 1110. The highest BCUT2D eigenvalue weighted by Gasteiger charge is 2.41. The average molecular weight is 444 g/mol. The molecule has 0 spiro atoms. The van der Waals surface area contributed by atoms with E-state index in [1.807, 2.05) is 0 Å². The maximum absolute atomic E-state index is 13.6. The molecule has 2 aromatic carbocycles. The lowest BCUT2D eigenvalue weighted by Gasteiger charge is -2.25. The predicted molar refractivity (Wildman–Crippen MR) is 106 cm³/mol. The molecular weight excluding hydrogens is 431 g/mol. The van der Waals surface area contributed by atoms with Crippen LogP contribution in [0.1, 0.15) is 11.2 Å². The molecule has 1 heterocycles. The summed E-state index contributed by atoms with van der Waals surface area (Å²) in [5.41, 5.74) is -2.07. The van der Waals surface area contributed by atoms with Crippen molar-refractivity contribution >= 4 is 52.2 Å². The van der Waals surface area contributed by atoms with E-state index in [0.717, 1.165) is 18.3 Å². The average Bonchev–Trinajstić information content (AvgIpc) is 2.96. The summed E-state index contributed by atoms with van der Waals surface area (Å²) in [6.07, 6.45) is 0.945. The second kappa shape index (κ2) is 7.73. The van der Waals surface area contributed by atoms with Gasteiger partial charge in [-0.2, -0.15) is 0 Å². The summed E-state index contributed by atoms with van der Waals surface area (Å²) in [6.45, 7) is 3.43. The first-order valence-electron chi connectivity index (χ1n) is 7.75. The van der Waals surface area contributed by atoms with E-state index in [4.69, 9.17) is 11.6 Å². The summed E-state index contributed by atoms with van der Waals surface area (Å²) < 4.78 is 40.0. The first-order chi connectivity index (χ1) is 13.1. The zero-order chi connectivity index (χ0) is 20.6. The largest absolute Gasteiger partial charge is 0.342 e. The quantitative estimate of drug-likeness (QED) is 0.529. The lowest BCUT2D eigenvalue weighted by atomic mass is 10.1. The maximum atomic E-state index is 13.6. The van der Waals surface area contributed by atoms with Crippen molar-refractivity contribution in [1.82, 2.24) is 0 Å². The normalized spacial score (nSPS) is 12.8. The van der Waals surface area contributed by atoms with Crippen molar-refractivity contribution < 1.29 is 27.9 Å². The molecule has 3 aromatic rings. The second-order valence-corrected chi connectivity index (χ2v) is 8.88. The van der Waals surface area contributed by atoms with Crippen LogP contribution in [-0.4, -0.2) is 15.7 Å². The summed E-state index contributed by atoms with van der Waals surface area (Å²) in [4.78, 5) is 33.6. The van der Waals surface area contributed by atoms with Crippen molar-refractivity contribution in [2.24, 2.45) is 0 Å². The fraction of sp³-hybridized carbons (Fsp3) is 0.0556. The zero-order valence-corrected chi connectivity index (χ0v) is 16.5. The van der Waals surface area contributed by atoms with Crippen LogP contribution in [0, 0.1) is 11.6 Å². The molecule has 2 N–H and O–H groups in total. The van der Waals surface area contributed by atoms with E-state index in [-0.39, 0.29) is 11.3 Å². The van der Waals surface area contributed by atoms with Crippen LogP contribution in [0.25, 0.3) is 10.1 Å². The van der Waals surface area contributed by atoms with Gasteiger partial charge in [-0.25, -0.2) is 8.78 Å². The molecule has 10 heteroatoms. The Morgan fingerprint density at radius 3 is 2.43 bits per heavy atom. The van der Waals surface area contributed by atoms with Crippen LogP contribution >= 0.6 is 30.5 Å². The van der Waals surface area contributed by atoms with Crippen LogP contribution in [0.15, 0.2) is 54.6 Å². The van der Waals surface area contributed by atoms with E-state index in [1.165, 1.54) is 22.8 Å². The topological polar surface area (TPSA) is 77.8 Å². The molecule has 1 unspecified atom stereocenters. The van der Waals surface area contributed by atoms with Crippen molar-refractivity contribution in [3.63, 3.8) is 0 Å². The van der Waals surface area contributed by atoms with Crippen molar-refractivity contribution in [3.05, 3.63) is 76.8 Å². The number of fused-ring (bicyclic) bond motifs is 1. The maximum Gasteiger partial charge on any atom is 0.342 e. The molecule has 0 fully saturated rings.